The molecule has 7 heteroatoms. The number of sulfonamides is 1. The van der Waals surface area contributed by atoms with Gasteiger partial charge in [-0.15, -0.1) is 0 Å². The number of hydrogen-bond acceptors (Lipinski definition) is 4. The first-order valence-corrected chi connectivity index (χ1v) is 13.0. The van der Waals surface area contributed by atoms with E-state index in [-0.39, 0.29) is 16.6 Å². The van der Waals surface area contributed by atoms with Crippen molar-refractivity contribution in [3.63, 3.8) is 0 Å². The lowest BCUT2D eigenvalue weighted by molar-refractivity contribution is 0.0730. The normalized spacial score (nSPS) is 15.6. The number of rotatable bonds is 7. The average Bonchev–Trinajstić information content (AvgIpc) is 2.91. The molecule has 2 heterocycles. The minimum atomic E-state index is -3.75. The molecule has 6 nitrogen and oxygen atoms in total. The fourth-order valence-electron chi connectivity index (χ4n) is 4.39. The molecule has 0 N–H and O–H groups in total. The highest BCUT2D eigenvalue weighted by molar-refractivity contribution is 7.89. The van der Waals surface area contributed by atoms with Gasteiger partial charge in [0.1, 0.15) is 4.90 Å². The fourth-order valence-corrected chi connectivity index (χ4v) is 6.29. The minimum Gasteiger partial charge on any atom is -0.449 e. The van der Waals surface area contributed by atoms with Crippen LogP contribution in [0.15, 0.2) is 15.4 Å². The quantitative estimate of drug-likeness (QED) is 0.585. The Labute approximate surface area is 186 Å². The van der Waals surface area contributed by atoms with E-state index in [1.807, 2.05) is 45.6 Å². The molecule has 31 heavy (non-hydrogen) atoms. The van der Waals surface area contributed by atoms with Gasteiger partial charge in [0.15, 0.2) is 11.3 Å². The summed E-state index contributed by atoms with van der Waals surface area (Å²) in [6.07, 6.45) is 5.97. The highest BCUT2D eigenvalue weighted by Gasteiger charge is 2.32. The lowest BCUT2D eigenvalue weighted by Crippen LogP contribution is -2.32. The lowest BCUT2D eigenvalue weighted by Gasteiger charge is -2.22. The van der Waals surface area contributed by atoms with Gasteiger partial charge in [0.05, 0.1) is 0 Å². The van der Waals surface area contributed by atoms with Crippen molar-refractivity contribution in [3.05, 3.63) is 28.5 Å². The summed E-state index contributed by atoms with van der Waals surface area (Å²) < 4.78 is 35.0. The molecule has 0 radical (unpaired) electrons. The maximum Gasteiger partial charge on any atom is 0.289 e. The number of nitrogens with zero attached hydrogens (tertiary/aromatic N) is 2. The molecular weight excluding hydrogens is 412 g/mol. The summed E-state index contributed by atoms with van der Waals surface area (Å²) in [6.45, 7) is 11.8. The molecule has 0 spiro atoms. The van der Waals surface area contributed by atoms with Crippen LogP contribution in [0.5, 0.6) is 0 Å². The molecule has 1 aliphatic heterocycles. The van der Waals surface area contributed by atoms with E-state index in [2.05, 4.69) is 0 Å². The molecule has 0 saturated carbocycles. The number of carbonyl (C=O) groups is 1. The van der Waals surface area contributed by atoms with Crippen LogP contribution < -0.4 is 0 Å². The lowest BCUT2D eigenvalue weighted by atomic mass is 10.0. The van der Waals surface area contributed by atoms with Crippen LogP contribution in [-0.2, 0) is 10.0 Å². The molecule has 0 atom stereocenters. The Morgan fingerprint density at radius 2 is 1.71 bits per heavy atom. The van der Waals surface area contributed by atoms with Crippen LogP contribution in [0.3, 0.4) is 0 Å². The van der Waals surface area contributed by atoms with E-state index in [9.17, 15) is 13.2 Å². The molecular formula is C24H36N2O4S. The summed E-state index contributed by atoms with van der Waals surface area (Å²) in [4.78, 5) is 15.3. The monoisotopic (exact) mass is 448 g/mol. The van der Waals surface area contributed by atoms with E-state index in [1.165, 1.54) is 4.31 Å². The van der Waals surface area contributed by atoms with Gasteiger partial charge in [-0.3, -0.25) is 4.79 Å². The van der Waals surface area contributed by atoms with Gasteiger partial charge in [0, 0.05) is 37.1 Å². The van der Waals surface area contributed by atoms with Gasteiger partial charge >= 0.3 is 0 Å². The molecule has 1 aliphatic rings. The Balaban J connectivity index is 2.15. The number of carbonyl (C=O) groups excluding carboxylic acids is 1. The van der Waals surface area contributed by atoms with Crippen molar-refractivity contribution in [2.24, 2.45) is 0 Å². The zero-order chi connectivity index (χ0) is 22.8. The zero-order valence-corrected chi connectivity index (χ0v) is 20.4. The van der Waals surface area contributed by atoms with Crippen molar-refractivity contribution in [3.8, 4) is 0 Å². The first-order chi connectivity index (χ1) is 14.7. The number of amides is 1. The molecule has 0 unspecified atom stereocenters. The Hall–Kier alpha value is -1.86. The largest absolute Gasteiger partial charge is 0.449 e. The molecule has 1 amide bonds. The number of furan rings is 1. The van der Waals surface area contributed by atoms with Gasteiger partial charge in [-0.1, -0.05) is 33.1 Å². The summed E-state index contributed by atoms with van der Waals surface area (Å²) in [5.41, 5.74) is 2.61. The smallest absolute Gasteiger partial charge is 0.289 e. The Kier molecular flexibility index (Phi) is 7.47. The number of fused-ring (bicyclic) bond motifs is 1. The van der Waals surface area contributed by atoms with E-state index in [0.29, 0.717) is 29.6 Å². The van der Waals surface area contributed by atoms with Gasteiger partial charge < -0.3 is 9.32 Å². The first-order valence-electron chi connectivity index (χ1n) is 11.6. The van der Waals surface area contributed by atoms with Crippen LogP contribution in [0.1, 0.15) is 79.6 Å². The van der Waals surface area contributed by atoms with Gasteiger partial charge in [-0.2, -0.15) is 4.31 Å². The molecule has 0 bridgehead atoms. The van der Waals surface area contributed by atoms with Crippen LogP contribution in [-0.4, -0.2) is 49.7 Å². The van der Waals surface area contributed by atoms with Gasteiger partial charge in [0.25, 0.3) is 5.91 Å². The van der Waals surface area contributed by atoms with E-state index in [4.69, 9.17) is 4.42 Å². The summed E-state index contributed by atoms with van der Waals surface area (Å²) >= 11 is 0. The molecule has 0 aliphatic carbocycles. The standard InChI is InChI=1S/C24H36N2O4S/c1-6-8-15-26(7-2)31(28,29)23-18(4)17(3)16-20-19(5)21(30-22(20)23)24(27)25-13-11-9-10-12-14-25/h16H,6-15H2,1-5H3. The van der Waals surface area contributed by atoms with Crippen molar-refractivity contribution < 1.29 is 17.6 Å². The van der Waals surface area contributed by atoms with E-state index >= 15 is 0 Å². The second kappa shape index (κ2) is 9.74. The predicted molar refractivity (Wildman–Crippen MR) is 124 cm³/mol. The highest BCUT2D eigenvalue weighted by Crippen LogP contribution is 2.36. The summed E-state index contributed by atoms with van der Waals surface area (Å²) in [5, 5.41) is 0.714. The van der Waals surface area contributed by atoms with Crippen molar-refractivity contribution in [1.82, 2.24) is 9.21 Å². The zero-order valence-electron chi connectivity index (χ0n) is 19.6. The third kappa shape index (κ3) is 4.53. The van der Waals surface area contributed by atoms with Crippen LogP contribution >= 0.6 is 0 Å². The second-order valence-corrected chi connectivity index (χ2v) is 10.5. The molecule has 2 aromatic rings. The van der Waals surface area contributed by atoms with Crippen molar-refractivity contribution in [1.29, 1.82) is 0 Å². The SMILES string of the molecule is CCCCN(CC)S(=O)(=O)c1c(C)c(C)cc2c(C)c(C(=O)N3CCCCCC3)oc12. The van der Waals surface area contributed by atoms with Gasteiger partial charge in [0.2, 0.25) is 10.0 Å². The number of unbranched alkanes of at least 4 members (excludes halogenated alkanes) is 1. The molecule has 3 rings (SSSR count). The Bertz CT molecular complexity index is 1050. The maximum atomic E-state index is 13.7. The Morgan fingerprint density at radius 1 is 1.06 bits per heavy atom. The number of hydrogen-bond donors (Lipinski definition) is 0. The summed E-state index contributed by atoms with van der Waals surface area (Å²) in [5.74, 6) is 0.141. The topological polar surface area (TPSA) is 70.8 Å². The van der Waals surface area contributed by atoms with E-state index < -0.39 is 10.0 Å². The highest BCUT2D eigenvalue weighted by atomic mass is 32.2. The maximum absolute atomic E-state index is 13.7. The van der Waals surface area contributed by atoms with Crippen molar-refractivity contribution in [2.75, 3.05) is 26.2 Å². The average molecular weight is 449 g/mol. The minimum absolute atomic E-state index is 0.132. The fraction of sp³-hybridized carbons (Fsp3) is 0.625. The predicted octanol–water partition coefficient (Wildman–Crippen LogP) is 5.18. The number of benzene rings is 1. The first kappa shape index (κ1) is 23.8. The Morgan fingerprint density at radius 3 is 2.29 bits per heavy atom. The number of aryl methyl sites for hydroxylation is 2. The van der Waals surface area contributed by atoms with Crippen LogP contribution in [0, 0.1) is 20.8 Å². The van der Waals surface area contributed by atoms with E-state index in [1.54, 1.807) is 0 Å². The van der Waals surface area contributed by atoms with Crippen LogP contribution in [0.2, 0.25) is 0 Å². The van der Waals surface area contributed by atoms with Crippen molar-refractivity contribution in [2.45, 2.75) is 78.0 Å². The van der Waals surface area contributed by atoms with Gasteiger partial charge in [-0.25, -0.2) is 8.42 Å². The molecule has 1 aromatic carbocycles. The van der Waals surface area contributed by atoms with Crippen LogP contribution in [0.25, 0.3) is 11.0 Å². The third-order valence-electron chi connectivity index (χ3n) is 6.49. The van der Waals surface area contributed by atoms with Crippen molar-refractivity contribution >= 4 is 26.9 Å². The molecule has 1 fully saturated rings. The third-order valence-corrected chi connectivity index (χ3v) is 8.62. The summed E-state index contributed by atoms with van der Waals surface area (Å²) in [7, 11) is -3.75. The second-order valence-electron chi connectivity index (χ2n) is 8.64. The van der Waals surface area contributed by atoms with E-state index in [0.717, 1.165) is 62.7 Å². The van der Waals surface area contributed by atoms with Crippen LogP contribution in [0.4, 0.5) is 0 Å². The summed E-state index contributed by atoms with van der Waals surface area (Å²) in [6, 6.07) is 1.95. The molecule has 172 valence electrons. The molecule has 1 saturated heterocycles. The molecule has 1 aromatic heterocycles. The van der Waals surface area contributed by atoms with Gasteiger partial charge in [-0.05, 0) is 57.2 Å². The number of likely N-dealkylation sites (tertiary alicyclic amines) is 1.